The van der Waals surface area contributed by atoms with Gasteiger partial charge >= 0.3 is 12.5 Å². The van der Waals surface area contributed by atoms with Gasteiger partial charge in [0, 0.05) is 5.56 Å². The van der Waals surface area contributed by atoms with Crippen LogP contribution in [-0.4, -0.2) is 16.5 Å². The Morgan fingerprint density at radius 2 is 1.72 bits per heavy atom. The number of halogens is 7. The van der Waals surface area contributed by atoms with Gasteiger partial charge in [-0.25, -0.2) is 9.37 Å². The van der Waals surface area contributed by atoms with Crippen molar-refractivity contribution in [2.75, 3.05) is 0 Å². The molecule has 3 nitrogen and oxygen atoms in total. The van der Waals surface area contributed by atoms with Crippen molar-refractivity contribution in [3.05, 3.63) is 23.1 Å². The zero-order valence-electron chi connectivity index (χ0n) is 8.23. The first-order valence-electron chi connectivity index (χ1n) is 4.17. The average molecular weight is 279 g/mol. The van der Waals surface area contributed by atoms with E-state index >= 15 is 0 Å². The average Bonchev–Trinajstić information content (AvgIpc) is 2.16. The molecule has 1 aromatic rings. The van der Waals surface area contributed by atoms with Gasteiger partial charge in [-0.1, -0.05) is 0 Å². The van der Waals surface area contributed by atoms with Gasteiger partial charge in [0.2, 0.25) is 5.88 Å². The number of pyridine rings is 1. The van der Waals surface area contributed by atoms with E-state index in [1.807, 2.05) is 0 Å². The summed E-state index contributed by atoms with van der Waals surface area (Å²) in [6.07, 6.45) is -10.7. The lowest BCUT2D eigenvalue weighted by Crippen LogP contribution is -2.22. The molecule has 0 fully saturated rings. The topological polar surface area (TPSA) is 42.4 Å². The monoisotopic (exact) mass is 279 g/mol. The van der Waals surface area contributed by atoms with Crippen molar-refractivity contribution in [3.8, 4) is 5.88 Å². The minimum Gasteiger partial charge on any atom is -0.392 e. The van der Waals surface area contributed by atoms with Crippen molar-refractivity contribution in [3.63, 3.8) is 0 Å². The minimum atomic E-state index is -5.42. The molecule has 0 saturated heterocycles. The Kier molecular flexibility index (Phi) is 3.70. The Morgan fingerprint density at radius 3 is 2.11 bits per heavy atom. The van der Waals surface area contributed by atoms with Gasteiger partial charge in [0.1, 0.15) is 11.4 Å². The van der Waals surface area contributed by atoms with E-state index < -0.39 is 42.0 Å². The number of nitrogens with zero attached hydrogens (tertiary/aromatic N) is 1. The van der Waals surface area contributed by atoms with Crippen LogP contribution in [0.1, 0.15) is 11.1 Å². The molecule has 1 N–H and O–H groups in total. The zero-order chi connectivity index (χ0) is 14.1. The first-order valence-corrected chi connectivity index (χ1v) is 4.17. The van der Waals surface area contributed by atoms with Gasteiger partial charge in [-0.2, -0.15) is 13.2 Å². The van der Waals surface area contributed by atoms with Gasteiger partial charge in [0.15, 0.2) is 0 Å². The Balaban J connectivity index is 3.43. The molecule has 0 unspecified atom stereocenters. The minimum absolute atomic E-state index is 0.0991. The number of aliphatic hydroxyl groups is 1. The number of aliphatic hydroxyl groups excluding tert-OH is 1. The van der Waals surface area contributed by atoms with Gasteiger partial charge in [-0.05, 0) is 0 Å². The number of rotatable bonds is 2. The quantitative estimate of drug-likeness (QED) is 0.846. The molecule has 0 aliphatic rings. The van der Waals surface area contributed by atoms with Crippen LogP contribution in [0.3, 0.4) is 0 Å². The van der Waals surface area contributed by atoms with Crippen molar-refractivity contribution in [2.24, 2.45) is 0 Å². The summed E-state index contributed by atoms with van der Waals surface area (Å²) in [5.41, 5.74) is -3.46. The fraction of sp³-hybridized carbons (Fsp3) is 0.375. The van der Waals surface area contributed by atoms with E-state index in [0.29, 0.717) is 0 Å². The number of hydrogen-bond acceptors (Lipinski definition) is 3. The van der Waals surface area contributed by atoms with E-state index in [0.717, 1.165) is 0 Å². The third-order valence-corrected chi connectivity index (χ3v) is 1.75. The fourth-order valence-corrected chi connectivity index (χ4v) is 1.14. The van der Waals surface area contributed by atoms with Crippen molar-refractivity contribution in [1.29, 1.82) is 0 Å². The summed E-state index contributed by atoms with van der Waals surface area (Å²) in [5.74, 6) is -3.44. The summed E-state index contributed by atoms with van der Waals surface area (Å²) in [6.45, 7) is -1.45. The van der Waals surface area contributed by atoms with E-state index in [1.54, 1.807) is 0 Å². The molecule has 102 valence electrons. The van der Waals surface area contributed by atoms with Crippen LogP contribution in [-0.2, 0) is 12.8 Å². The summed E-state index contributed by atoms with van der Waals surface area (Å²) < 4.78 is 89.0. The van der Waals surface area contributed by atoms with Crippen molar-refractivity contribution >= 4 is 0 Å². The second kappa shape index (κ2) is 4.59. The molecule has 0 spiro atoms. The maximum Gasteiger partial charge on any atom is 0.574 e. The predicted octanol–water partition coefficient (Wildman–Crippen LogP) is 2.63. The number of hydrogen-bond donors (Lipinski definition) is 1. The molecule has 1 rings (SSSR count). The summed E-state index contributed by atoms with van der Waals surface area (Å²) in [7, 11) is 0. The molecule has 0 radical (unpaired) electrons. The number of ether oxygens (including phenoxy) is 1. The summed E-state index contributed by atoms with van der Waals surface area (Å²) in [6, 6.07) is 0. The van der Waals surface area contributed by atoms with Crippen LogP contribution in [0.15, 0.2) is 6.20 Å². The Labute approximate surface area is 94.8 Å². The van der Waals surface area contributed by atoms with E-state index in [2.05, 4.69) is 9.72 Å². The molecule has 10 heteroatoms. The molecule has 0 aromatic carbocycles. The van der Waals surface area contributed by atoms with Gasteiger partial charge in [0.05, 0.1) is 12.8 Å². The lowest BCUT2D eigenvalue weighted by molar-refractivity contribution is -0.278. The molecular formula is C8H4F7NO2. The van der Waals surface area contributed by atoms with Gasteiger partial charge < -0.3 is 9.84 Å². The van der Waals surface area contributed by atoms with E-state index in [4.69, 9.17) is 5.11 Å². The van der Waals surface area contributed by atoms with Crippen molar-refractivity contribution in [1.82, 2.24) is 4.98 Å². The molecule has 0 atom stereocenters. The van der Waals surface area contributed by atoms with E-state index in [9.17, 15) is 30.7 Å². The molecule has 0 aliphatic carbocycles. The second-order valence-corrected chi connectivity index (χ2v) is 2.97. The second-order valence-electron chi connectivity index (χ2n) is 2.97. The SMILES string of the molecule is OCc1c(F)cnc(OC(F)(F)F)c1C(F)(F)F. The molecule has 0 amide bonds. The lowest BCUT2D eigenvalue weighted by Gasteiger charge is -2.17. The predicted molar refractivity (Wildman–Crippen MR) is 41.8 cm³/mol. The van der Waals surface area contributed by atoms with Crippen LogP contribution in [0.4, 0.5) is 30.7 Å². The molecule has 0 bridgehead atoms. The van der Waals surface area contributed by atoms with E-state index in [1.165, 1.54) is 0 Å². The smallest absolute Gasteiger partial charge is 0.392 e. The fourth-order valence-electron chi connectivity index (χ4n) is 1.14. The molecule has 0 aliphatic heterocycles. The largest absolute Gasteiger partial charge is 0.574 e. The zero-order valence-corrected chi connectivity index (χ0v) is 8.23. The molecule has 18 heavy (non-hydrogen) atoms. The highest BCUT2D eigenvalue weighted by atomic mass is 19.4. The van der Waals surface area contributed by atoms with Crippen molar-refractivity contribution < 1.29 is 40.6 Å². The van der Waals surface area contributed by atoms with Gasteiger partial charge in [0.25, 0.3) is 0 Å². The first-order chi connectivity index (χ1) is 8.06. The van der Waals surface area contributed by atoms with Crippen LogP contribution < -0.4 is 4.74 Å². The maximum absolute atomic E-state index is 12.9. The highest BCUT2D eigenvalue weighted by molar-refractivity contribution is 5.37. The van der Waals surface area contributed by atoms with Gasteiger partial charge in [-0.3, -0.25) is 0 Å². The number of aromatic nitrogens is 1. The molecule has 0 saturated carbocycles. The highest BCUT2D eigenvalue weighted by Crippen LogP contribution is 2.40. The summed E-state index contributed by atoms with van der Waals surface area (Å²) in [5, 5.41) is 8.58. The maximum atomic E-state index is 12.9. The molecular weight excluding hydrogens is 275 g/mol. The normalized spacial score (nSPS) is 12.7. The molecule has 1 aromatic heterocycles. The first kappa shape index (κ1) is 14.5. The Hall–Kier alpha value is -1.58. The van der Waals surface area contributed by atoms with Crippen LogP contribution in [0, 0.1) is 5.82 Å². The molecule has 1 heterocycles. The number of alkyl halides is 6. The van der Waals surface area contributed by atoms with Crippen LogP contribution in [0.5, 0.6) is 5.88 Å². The lowest BCUT2D eigenvalue weighted by atomic mass is 10.1. The Morgan fingerprint density at radius 1 is 1.17 bits per heavy atom. The van der Waals surface area contributed by atoms with Gasteiger partial charge in [-0.15, -0.1) is 13.2 Å². The van der Waals surface area contributed by atoms with Crippen LogP contribution >= 0.6 is 0 Å². The Bertz CT molecular complexity index is 440. The standard InChI is InChI=1S/C8H4F7NO2/c9-4-1-16-6(18-8(13,14)15)5(3(4)2-17)7(10,11)12/h1,17H,2H2. The third kappa shape index (κ3) is 3.22. The van der Waals surface area contributed by atoms with E-state index in [-0.39, 0.29) is 6.20 Å². The van der Waals surface area contributed by atoms with Crippen LogP contribution in [0.25, 0.3) is 0 Å². The highest BCUT2D eigenvalue weighted by Gasteiger charge is 2.43. The van der Waals surface area contributed by atoms with Crippen molar-refractivity contribution in [2.45, 2.75) is 19.1 Å². The third-order valence-electron chi connectivity index (χ3n) is 1.75. The van der Waals surface area contributed by atoms with Crippen LogP contribution in [0.2, 0.25) is 0 Å². The summed E-state index contributed by atoms with van der Waals surface area (Å²) >= 11 is 0. The summed E-state index contributed by atoms with van der Waals surface area (Å²) in [4.78, 5) is 2.59.